The fraction of sp³-hybridized carbons (Fsp3) is 0.529. The molecule has 1 aromatic rings. The Hall–Kier alpha value is -0.0400. The first kappa shape index (κ1) is 26.2. The molecule has 0 saturated heterocycles. The fourth-order valence-corrected chi connectivity index (χ4v) is 2.29. The molecule has 0 heterocycles. The van der Waals surface area contributed by atoms with E-state index >= 15 is 0 Å². The van der Waals surface area contributed by atoms with E-state index in [-0.39, 0.29) is 70.2 Å². The van der Waals surface area contributed by atoms with Gasteiger partial charge in [-0.25, -0.2) is 9.59 Å². The first-order chi connectivity index (χ1) is 10.5. The number of rotatable bonds is 11. The molecule has 0 atom stereocenters. The van der Waals surface area contributed by atoms with Crippen LogP contribution in [0.5, 0.6) is 0 Å². The van der Waals surface area contributed by atoms with E-state index in [0.29, 0.717) is 5.69 Å². The minimum atomic E-state index is -1.12. The van der Waals surface area contributed by atoms with E-state index in [1.54, 1.807) is 0 Å². The van der Waals surface area contributed by atoms with E-state index in [1.165, 1.54) is 50.3 Å². The van der Waals surface area contributed by atoms with Crippen LogP contribution in [0.1, 0.15) is 72.6 Å². The molecule has 0 bridgehead atoms. The number of carbonyl (C=O) groups is 2. The molecule has 0 aromatic heterocycles. The molecule has 126 valence electrons. The van der Waals surface area contributed by atoms with Crippen molar-refractivity contribution in [2.45, 2.75) is 51.9 Å². The van der Waals surface area contributed by atoms with Gasteiger partial charge in [0.1, 0.15) is 0 Å². The molecule has 3 N–H and O–H groups in total. The normalized spacial score (nSPS) is 9.54. The molecular formula is C17H27NNa2O4. The number of nitrogens with one attached hydrogen (secondary N) is 1. The van der Waals surface area contributed by atoms with Gasteiger partial charge in [-0.2, -0.15) is 0 Å². The van der Waals surface area contributed by atoms with Crippen LogP contribution in [0.3, 0.4) is 0 Å². The Labute approximate surface area is 188 Å². The SMILES string of the molecule is CCCCCCCCCNc1cc(C(=O)O)cc(C(=O)O)c1.[NaH].[NaH]. The van der Waals surface area contributed by atoms with Crippen molar-refractivity contribution in [1.29, 1.82) is 0 Å². The molecule has 0 aliphatic rings. The summed E-state index contributed by atoms with van der Waals surface area (Å²) in [4.78, 5) is 22.0. The molecule has 0 radical (unpaired) electrons. The second kappa shape index (κ2) is 15.2. The van der Waals surface area contributed by atoms with E-state index in [2.05, 4.69) is 12.2 Å². The van der Waals surface area contributed by atoms with Crippen molar-refractivity contribution in [3.63, 3.8) is 0 Å². The van der Waals surface area contributed by atoms with Gasteiger partial charge in [0.2, 0.25) is 0 Å². The number of unbranched alkanes of at least 4 members (excludes halogenated alkanes) is 6. The van der Waals surface area contributed by atoms with Crippen LogP contribution in [0, 0.1) is 0 Å². The molecule has 24 heavy (non-hydrogen) atoms. The summed E-state index contributed by atoms with van der Waals surface area (Å²) in [5.41, 5.74) is 0.521. The molecule has 0 fully saturated rings. The third kappa shape index (κ3) is 10.7. The van der Waals surface area contributed by atoms with Gasteiger partial charge < -0.3 is 15.5 Å². The Morgan fingerprint density at radius 3 is 1.75 bits per heavy atom. The number of carboxylic acids is 2. The van der Waals surface area contributed by atoms with Gasteiger partial charge in [-0.3, -0.25) is 0 Å². The van der Waals surface area contributed by atoms with Gasteiger partial charge in [0.05, 0.1) is 11.1 Å². The number of hydrogen-bond donors (Lipinski definition) is 3. The predicted molar refractivity (Wildman–Crippen MR) is 101 cm³/mol. The maximum absolute atomic E-state index is 11.0. The number of anilines is 1. The van der Waals surface area contributed by atoms with Crippen LogP contribution >= 0.6 is 0 Å². The van der Waals surface area contributed by atoms with Gasteiger partial charge >= 0.3 is 71.1 Å². The Kier molecular flexibility index (Phi) is 16.6. The van der Waals surface area contributed by atoms with Gasteiger partial charge in [0, 0.05) is 12.2 Å². The Morgan fingerprint density at radius 2 is 1.29 bits per heavy atom. The van der Waals surface area contributed by atoms with E-state index < -0.39 is 11.9 Å². The predicted octanol–water partition coefficient (Wildman–Crippen LogP) is 2.95. The molecule has 1 rings (SSSR count). The van der Waals surface area contributed by atoms with Crippen molar-refractivity contribution in [2.24, 2.45) is 0 Å². The number of carboxylic acid groups (broad SMARTS) is 2. The summed E-state index contributed by atoms with van der Waals surface area (Å²) in [6.07, 6.45) is 8.40. The standard InChI is InChI=1S/C17H25NO4.2Na.2H/c1-2-3-4-5-6-7-8-9-18-15-11-13(16(19)20)10-14(12-15)17(21)22;;;;/h10-12,18H,2-9H2,1H3,(H,19,20)(H,21,22);;;;. The van der Waals surface area contributed by atoms with E-state index in [0.717, 1.165) is 19.4 Å². The molecule has 1 aromatic carbocycles. The zero-order valence-electron chi connectivity index (χ0n) is 13.1. The summed E-state index contributed by atoms with van der Waals surface area (Å²) in [5.74, 6) is -2.25. The van der Waals surface area contributed by atoms with Crippen LogP contribution in [0.4, 0.5) is 5.69 Å². The van der Waals surface area contributed by atoms with E-state index in [9.17, 15) is 9.59 Å². The summed E-state index contributed by atoms with van der Waals surface area (Å²) in [5, 5.41) is 21.1. The molecule has 0 amide bonds. The third-order valence-corrected chi connectivity index (χ3v) is 3.54. The van der Waals surface area contributed by atoms with Crippen LogP contribution in [0.2, 0.25) is 0 Å². The van der Waals surface area contributed by atoms with Crippen LogP contribution in [-0.2, 0) is 0 Å². The molecule has 0 unspecified atom stereocenters. The van der Waals surface area contributed by atoms with Gasteiger partial charge in [-0.05, 0) is 24.6 Å². The Balaban J connectivity index is 0. The summed E-state index contributed by atoms with van der Waals surface area (Å²) < 4.78 is 0. The molecule has 0 aliphatic heterocycles. The topological polar surface area (TPSA) is 86.6 Å². The van der Waals surface area contributed by atoms with Crippen molar-refractivity contribution >= 4 is 76.7 Å². The van der Waals surface area contributed by atoms with Crippen molar-refractivity contribution in [1.82, 2.24) is 0 Å². The van der Waals surface area contributed by atoms with Crippen molar-refractivity contribution < 1.29 is 19.8 Å². The monoisotopic (exact) mass is 355 g/mol. The molecule has 0 spiro atoms. The minimum absolute atomic E-state index is 0. The third-order valence-electron chi connectivity index (χ3n) is 3.54. The summed E-state index contributed by atoms with van der Waals surface area (Å²) in [6, 6.07) is 4.11. The maximum atomic E-state index is 11.0. The number of benzene rings is 1. The number of hydrogen-bond acceptors (Lipinski definition) is 3. The molecule has 0 aliphatic carbocycles. The Morgan fingerprint density at radius 1 is 0.833 bits per heavy atom. The summed E-state index contributed by atoms with van der Waals surface area (Å²) >= 11 is 0. The van der Waals surface area contributed by atoms with Gasteiger partial charge in [0.25, 0.3) is 0 Å². The zero-order chi connectivity index (χ0) is 16.4. The summed E-state index contributed by atoms with van der Waals surface area (Å²) in [7, 11) is 0. The quantitative estimate of drug-likeness (QED) is 0.420. The van der Waals surface area contributed by atoms with Gasteiger partial charge in [-0.1, -0.05) is 45.4 Å². The van der Waals surface area contributed by atoms with Crippen LogP contribution in [0.25, 0.3) is 0 Å². The van der Waals surface area contributed by atoms with Crippen molar-refractivity contribution in [3.8, 4) is 0 Å². The average molecular weight is 355 g/mol. The Bertz CT molecular complexity index is 477. The van der Waals surface area contributed by atoms with Gasteiger partial charge in [0.15, 0.2) is 0 Å². The van der Waals surface area contributed by atoms with Gasteiger partial charge in [-0.15, -0.1) is 0 Å². The van der Waals surface area contributed by atoms with Crippen molar-refractivity contribution in [2.75, 3.05) is 11.9 Å². The summed E-state index contributed by atoms with van der Waals surface area (Å²) in [6.45, 7) is 2.91. The van der Waals surface area contributed by atoms with Crippen LogP contribution in [-0.4, -0.2) is 87.8 Å². The second-order valence-electron chi connectivity index (χ2n) is 5.46. The van der Waals surface area contributed by atoms with E-state index in [1.807, 2.05) is 0 Å². The van der Waals surface area contributed by atoms with Crippen LogP contribution in [0.15, 0.2) is 18.2 Å². The molecule has 7 heteroatoms. The zero-order valence-corrected chi connectivity index (χ0v) is 13.1. The first-order valence-electron chi connectivity index (χ1n) is 7.90. The molecule has 5 nitrogen and oxygen atoms in total. The second-order valence-corrected chi connectivity index (χ2v) is 5.46. The average Bonchev–Trinajstić information content (AvgIpc) is 2.49. The molecule has 0 saturated carbocycles. The van der Waals surface area contributed by atoms with E-state index in [4.69, 9.17) is 10.2 Å². The van der Waals surface area contributed by atoms with Crippen molar-refractivity contribution in [3.05, 3.63) is 29.3 Å². The first-order valence-corrected chi connectivity index (χ1v) is 7.90. The fourth-order valence-electron chi connectivity index (χ4n) is 2.29. The molecular weight excluding hydrogens is 328 g/mol. The number of aromatic carboxylic acids is 2. The van der Waals surface area contributed by atoms with Crippen LogP contribution < -0.4 is 5.32 Å².